The van der Waals surface area contributed by atoms with Gasteiger partial charge in [-0.2, -0.15) is 0 Å². The van der Waals surface area contributed by atoms with Crippen LogP contribution < -0.4 is 0 Å². The highest BCUT2D eigenvalue weighted by Crippen LogP contribution is 2.30. The third-order valence-corrected chi connectivity index (χ3v) is 7.49. The second kappa shape index (κ2) is 6.33. The first kappa shape index (κ1) is 16.2. The van der Waals surface area contributed by atoms with Crippen LogP contribution in [0.5, 0.6) is 0 Å². The maximum Gasteiger partial charge on any atom is 0.266 e. The van der Waals surface area contributed by atoms with E-state index in [1.165, 1.54) is 21.8 Å². The highest BCUT2D eigenvalue weighted by Gasteiger charge is 2.37. The summed E-state index contributed by atoms with van der Waals surface area (Å²) in [5.41, 5.74) is 2.30. The van der Waals surface area contributed by atoms with Crippen molar-refractivity contribution >= 4 is 28.6 Å². The molecule has 0 aromatic carbocycles. The summed E-state index contributed by atoms with van der Waals surface area (Å²) in [6.07, 6.45) is 5.06. The van der Waals surface area contributed by atoms with E-state index in [1.54, 1.807) is 0 Å². The van der Waals surface area contributed by atoms with Crippen LogP contribution in [0.4, 0.5) is 0 Å². The number of nitrogens with zero attached hydrogens (tertiary/aromatic N) is 4. The number of thiazole rings is 1. The summed E-state index contributed by atoms with van der Waals surface area (Å²) in [4.78, 5) is 24.3. The largest absolute Gasteiger partial charge is 0.335 e. The lowest BCUT2D eigenvalue weighted by molar-refractivity contribution is 0.0224. The fraction of sp³-hybridized carbons (Fsp3) is 0.368. The van der Waals surface area contributed by atoms with Gasteiger partial charge in [-0.05, 0) is 42.5 Å². The van der Waals surface area contributed by atoms with E-state index >= 15 is 0 Å². The maximum atomic E-state index is 12.9. The van der Waals surface area contributed by atoms with Crippen molar-refractivity contribution in [3.63, 3.8) is 0 Å². The second-order valence-corrected chi connectivity index (χ2v) is 8.93. The topological polar surface area (TPSA) is 41.4 Å². The monoisotopic (exact) mass is 384 g/mol. The molecule has 1 saturated heterocycles. The molecule has 26 heavy (non-hydrogen) atoms. The molecule has 5 heterocycles. The van der Waals surface area contributed by atoms with Gasteiger partial charge in [0, 0.05) is 49.5 Å². The van der Waals surface area contributed by atoms with Crippen LogP contribution in [0.15, 0.2) is 36.0 Å². The quantitative estimate of drug-likeness (QED) is 0.696. The second-order valence-electron chi connectivity index (χ2n) is 6.95. The Morgan fingerprint density at radius 3 is 2.88 bits per heavy atom. The summed E-state index contributed by atoms with van der Waals surface area (Å²) >= 11 is 3.35. The first-order valence-corrected chi connectivity index (χ1v) is 10.6. The van der Waals surface area contributed by atoms with E-state index in [9.17, 15) is 4.79 Å². The molecule has 0 aliphatic carbocycles. The zero-order valence-electron chi connectivity index (χ0n) is 14.6. The fourth-order valence-corrected chi connectivity index (χ4v) is 5.62. The van der Waals surface area contributed by atoms with E-state index in [-0.39, 0.29) is 5.91 Å². The minimum absolute atomic E-state index is 0.128. The molecule has 0 unspecified atom stereocenters. The van der Waals surface area contributed by atoms with Gasteiger partial charge < -0.3 is 9.47 Å². The molecule has 1 fully saturated rings. The molecule has 5 nitrogen and oxygen atoms in total. The van der Waals surface area contributed by atoms with Crippen molar-refractivity contribution in [2.45, 2.75) is 25.9 Å². The van der Waals surface area contributed by atoms with Gasteiger partial charge in [0.2, 0.25) is 0 Å². The minimum Gasteiger partial charge on any atom is -0.335 e. The normalized spacial score (nSPS) is 18.0. The van der Waals surface area contributed by atoms with Crippen LogP contribution in [0, 0.1) is 6.92 Å². The number of aromatic nitrogens is 2. The van der Waals surface area contributed by atoms with Gasteiger partial charge in [0.15, 0.2) is 5.13 Å². The molecule has 0 bridgehead atoms. The molecular formula is C19H20N4OS2. The first-order chi connectivity index (χ1) is 12.7. The van der Waals surface area contributed by atoms with Crippen molar-refractivity contribution in [1.29, 1.82) is 0 Å². The van der Waals surface area contributed by atoms with Crippen LogP contribution in [0.3, 0.4) is 0 Å². The Balaban J connectivity index is 1.25. The molecule has 1 amide bonds. The maximum absolute atomic E-state index is 12.9. The van der Waals surface area contributed by atoms with Crippen molar-refractivity contribution < 1.29 is 4.79 Å². The average molecular weight is 385 g/mol. The number of fused-ring (bicyclic) bond motifs is 1. The van der Waals surface area contributed by atoms with E-state index in [0.717, 1.165) is 48.3 Å². The highest BCUT2D eigenvalue weighted by atomic mass is 32.1. The molecule has 5 rings (SSSR count). The molecule has 2 aliphatic heterocycles. The van der Waals surface area contributed by atoms with Crippen LogP contribution in [0.2, 0.25) is 0 Å². The van der Waals surface area contributed by atoms with E-state index < -0.39 is 0 Å². The molecule has 3 aromatic heterocycles. The van der Waals surface area contributed by atoms with Crippen molar-refractivity contribution in [2.75, 3.05) is 19.6 Å². The molecule has 0 spiro atoms. The number of thiophene rings is 1. The van der Waals surface area contributed by atoms with Gasteiger partial charge in [0.1, 0.15) is 4.88 Å². The molecule has 7 heteroatoms. The summed E-state index contributed by atoms with van der Waals surface area (Å²) < 4.78 is 1.96. The Labute approximate surface area is 160 Å². The molecule has 0 saturated carbocycles. The number of hydrogen-bond acceptors (Lipinski definition) is 5. The summed E-state index contributed by atoms with van der Waals surface area (Å²) in [7, 11) is 0. The van der Waals surface area contributed by atoms with Gasteiger partial charge in [-0.15, -0.1) is 11.3 Å². The SMILES string of the molecule is Cc1nc(-n2cccc2)sc1C(=O)N1CC(N2CCc3sccc3C2)C1. The van der Waals surface area contributed by atoms with Crippen LogP contribution in [0.1, 0.15) is 25.8 Å². The average Bonchev–Trinajstić information content (AvgIpc) is 3.33. The molecule has 0 atom stereocenters. The van der Waals surface area contributed by atoms with E-state index in [2.05, 4.69) is 21.3 Å². The molecule has 0 N–H and O–H groups in total. The van der Waals surface area contributed by atoms with Crippen LogP contribution in [0.25, 0.3) is 5.13 Å². The Kier molecular flexibility index (Phi) is 3.95. The number of rotatable bonds is 3. The van der Waals surface area contributed by atoms with Gasteiger partial charge in [-0.25, -0.2) is 4.98 Å². The number of likely N-dealkylation sites (tertiary alicyclic amines) is 1. The number of aryl methyl sites for hydroxylation is 1. The first-order valence-electron chi connectivity index (χ1n) is 8.88. The van der Waals surface area contributed by atoms with Gasteiger partial charge in [0.25, 0.3) is 5.91 Å². The molecular weight excluding hydrogens is 364 g/mol. The number of hydrogen-bond donors (Lipinski definition) is 0. The van der Waals surface area contributed by atoms with Gasteiger partial charge >= 0.3 is 0 Å². The summed E-state index contributed by atoms with van der Waals surface area (Å²) in [5, 5.41) is 3.05. The molecule has 2 aliphatic rings. The number of carbonyl (C=O) groups excluding carboxylic acids is 1. The standard InChI is InChI=1S/C19H20N4OS2/c1-13-17(26-19(20-13)21-6-2-3-7-21)18(24)23-11-15(12-23)22-8-4-16-14(10-22)5-9-25-16/h2-3,5-7,9,15H,4,8,10-12H2,1H3. The van der Waals surface area contributed by atoms with Crippen molar-refractivity contribution in [1.82, 2.24) is 19.4 Å². The van der Waals surface area contributed by atoms with Gasteiger partial charge in [-0.1, -0.05) is 11.3 Å². The van der Waals surface area contributed by atoms with E-state index in [4.69, 9.17) is 0 Å². The van der Waals surface area contributed by atoms with Crippen molar-refractivity contribution in [3.05, 3.63) is 57.0 Å². The summed E-state index contributed by atoms with van der Waals surface area (Å²) in [6.45, 7) is 5.72. The fourth-order valence-electron chi connectivity index (χ4n) is 3.73. The molecule has 134 valence electrons. The van der Waals surface area contributed by atoms with E-state index in [1.807, 2.05) is 52.3 Å². The van der Waals surface area contributed by atoms with Gasteiger partial charge in [0.05, 0.1) is 5.69 Å². The summed E-state index contributed by atoms with van der Waals surface area (Å²) in [6, 6.07) is 6.67. The zero-order valence-corrected chi connectivity index (χ0v) is 16.2. The molecule has 3 aromatic rings. The predicted octanol–water partition coefficient (Wildman–Crippen LogP) is 3.19. The van der Waals surface area contributed by atoms with Crippen molar-refractivity contribution in [3.8, 4) is 5.13 Å². The Bertz CT molecular complexity index is 937. The zero-order chi connectivity index (χ0) is 17.7. The Morgan fingerprint density at radius 1 is 1.27 bits per heavy atom. The summed E-state index contributed by atoms with van der Waals surface area (Å²) in [5.74, 6) is 0.128. The highest BCUT2D eigenvalue weighted by molar-refractivity contribution is 7.16. The molecule has 0 radical (unpaired) electrons. The number of amides is 1. The lowest BCUT2D eigenvalue weighted by Crippen LogP contribution is -2.61. The Hall–Kier alpha value is -1.96. The Morgan fingerprint density at radius 2 is 2.08 bits per heavy atom. The third-order valence-electron chi connectivity index (χ3n) is 5.31. The lowest BCUT2D eigenvalue weighted by atomic mass is 10.0. The minimum atomic E-state index is 0.128. The van der Waals surface area contributed by atoms with Crippen molar-refractivity contribution in [2.24, 2.45) is 0 Å². The number of carbonyl (C=O) groups is 1. The smallest absolute Gasteiger partial charge is 0.266 e. The van der Waals surface area contributed by atoms with Crippen LogP contribution in [-0.2, 0) is 13.0 Å². The lowest BCUT2D eigenvalue weighted by Gasteiger charge is -2.46. The third kappa shape index (κ3) is 2.71. The van der Waals surface area contributed by atoms with Crippen LogP contribution in [-0.4, -0.2) is 50.9 Å². The van der Waals surface area contributed by atoms with Crippen LogP contribution >= 0.6 is 22.7 Å². The predicted molar refractivity (Wildman–Crippen MR) is 104 cm³/mol. The van der Waals surface area contributed by atoms with E-state index in [0.29, 0.717) is 6.04 Å². The van der Waals surface area contributed by atoms with Gasteiger partial charge in [-0.3, -0.25) is 9.69 Å².